The van der Waals surface area contributed by atoms with Crippen molar-refractivity contribution in [3.63, 3.8) is 0 Å². The molecule has 1 aromatic heterocycles. The van der Waals surface area contributed by atoms with Crippen LogP contribution in [0, 0.1) is 11.6 Å². The monoisotopic (exact) mass is 341 g/mol. The molecular formula is C20H17F2NO2. The summed E-state index contributed by atoms with van der Waals surface area (Å²) >= 11 is 0. The number of rotatable bonds is 4. The van der Waals surface area contributed by atoms with Gasteiger partial charge in [0.05, 0.1) is 12.7 Å². The third-order valence-electron chi connectivity index (χ3n) is 4.63. The van der Waals surface area contributed by atoms with Crippen molar-refractivity contribution in [1.29, 1.82) is 0 Å². The normalized spacial score (nSPS) is 13.2. The summed E-state index contributed by atoms with van der Waals surface area (Å²) in [5, 5.41) is 3.66. The average molecular weight is 341 g/mol. The summed E-state index contributed by atoms with van der Waals surface area (Å²) in [5.74, 6) is -1.52. The van der Waals surface area contributed by atoms with Crippen molar-refractivity contribution in [2.75, 3.05) is 0 Å². The van der Waals surface area contributed by atoms with Crippen molar-refractivity contribution in [3.8, 4) is 0 Å². The molecule has 0 saturated carbocycles. The fourth-order valence-electron chi connectivity index (χ4n) is 3.43. The van der Waals surface area contributed by atoms with Crippen molar-refractivity contribution < 1.29 is 18.0 Å². The first-order chi connectivity index (χ1) is 12.1. The number of nitrogens with one attached hydrogen (secondary N) is 1. The summed E-state index contributed by atoms with van der Waals surface area (Å²) in [6.07, 6.45) is 5.08. The van der Waals surface area contributed by atoms with E-state index in [9.17, 15) is 13.6 Å². The second-order valence-electron chi connectivity index (χ2n) is 6.46. The molecule has 0 atom stereocenters. The first-order valence-corrected chi connectivity index (χ1v) is 8.32. The van der Waals surface area contributed by atoms with Crippen molar-refractivity contribution in [2.45, 2.75) is 32.2 Å². The number of furan rings is 1. The fraction of sp³-hybridized carbons (Fsp3) is 0.250. The molecule has 2 aromatic carbocycles. The Morgan fingerprint density at radius 3 is 2.52 bits per heavy atom. The molecule has 3 nitrogen and oxygen atoms in total. The van der Waals surface area contributed by atoms with Gasteiger partial charge in [0.2, 0.25) is 5.91 Å². The lowest BCUT2D eigenvalue weighted by Gasteiger charge is -2.06. The summed E-state index contributed by atoms with van der Waals surface area (Å²) in [6.45, 7) is 0.0820. The van der Waals surface area contributed by atoms with Gasteiger partial charge in [0.15, 0.2) is 0 Å². The number of carbonyl (C=O) groups is 1. The molecule has 0 bridgehead atoms. The van der Waals surface area contributed by atoms with Gasteiger partial charge in [0.25, 0.3) is 0 Å². The number of amides is 1. The third kappa shape index (κ3) is 3.27. The number of hydrogen-bond acceptors (Lipinski definition) is 2. The van der Waals surface area contributed by atoms with Gasteiger partial charge in [0.1, 0.15) is 17.2 Å². The molecule has 25 heavy (non-hydrogen) atoms. The Balaban J connectivity index is 1.46. The number of fused-ring (bicyclic) bond motifs is 2. The van der Waals surface area contributed by atoms with Crippen molar-refractivity contribution in [1.82, 2.24) is 5.32 Å². The van der Waals surface area contributed by atoms with E-state index in [0.29, 0.717) is 5.56 Å². The molecule has 0 spiro atoms. The summed E-state index contributed by atoms with van der Waals surface area (Å²) in [7, 11) is 0. The zero-order chi connectivity index (χ0) is 17.4. The van der Waals surface area contributed by atoms with E-state index in [2.05, 4.69) is 17.4 Å². The molecule has 3 aromatic rings. The Labute approximate surface area is 143 Å². The maximum absolute atomic E-state index is 13.2. The highest BCUT2D eigenvalue weighted by molar-refractivity contribution is 5.88. The molecule has 1 heterocycles. The lowest BCUT2D eigenvalue weighted by atomic mass is 10.0. The number of aryl methyl sites for hydroxylation is 2. The van der Waals surface area contributed by atoms with Crippen molar-refractivity contribution in [3.05, 3.63) is 70.5 Å². The van der Waals surface area contributed by atoms with Gasteiger partial charge >= 0.3 is 0 Å². The molecule has 0 aliphatic heterocycles. The fourth-order valence-corrected chi connectivity index (χ4v) is 3.43. The van der Waals surface area contributed by atoms with Gasteiger partial charge in [-0.3, -0.25) is 4.79 Å². The predicted molar refractivity (Wildman–Crippen MR) is 90.1 cm³/mol. The third-order valence-corrected chi connectivity index (χ3v) is 4.63. The standard InChI is InChI=1S/C20H17F2NO2/c21-16-4-12(5-17(22)9-16)10-23-20(24)8-15-11-25-19-7-14-3-1-2-13(14)6-18(15)19/h4-7,9,11H,1-3,8,10H2,(H,23,24). The maximum Gasteiger partial charge on any atom is 0.224 e. The van der Waals surface area contributed by atoms with Gasteiger partial charge in [-0.2, -0.15) is 0 Å². The lowest BCUT2D eigenvalue weighted by molar-refractivity contribution is -0.120. The number of halogens is 2. The van der Waals surface area contributed by atoms with E-state index in [0.717, 1.165) is 41.9 Å². The number of benzene rings is 2. The van der Waals surface area contributed by atoms with Crippen molar-refractivity contribution in [2.24, 2.45) is 0 Å². The van der Waals surface area contributed by atoms with Crippen LogP contribution in [-0.2, 0) is 30.6 Å². The van der Waals surface area contributed by atoms with Crippen LogP contribution in [0.1, 0.15) is 28.7 Å². The summed E-state index contributed by atoms with van der Waals surface area (Å²) in [6, 6.07) is 7.40. The molecule has 1 aliphatic rings. The van der Waals surface area contributed by atoms with Crippen LogP contribution in [-0.4, -0.2) is 5.91 Å². The Bertz CT molecular complexity index is 941. The lowest BCUT2D eigenvalue weighted by Crippen LogP contribution is -2.24. The average Bonchev–Trinajstić information content (AvgIpc) is 3.17. The molecule has 5 heteroatoms. The summed E-state index contributed by atoms with van der Waals surface area (Å²) in [4.78, 5) is 12.2. The zero-order valence-electron chi connectivity index (χ0n) is 13.6. The smallest absolute Gasteiger partial charge is 0.224 e. The molecular weight excluding hydrogens is 324 g/mol. The van der Waals surface area contributed by atoms with E-state index in [1.165, 1.54) is 23.3 Å². The van der Waals surface area contributed by atoms with Crippen molar-refractivity contribution >= 4 is 16.9 Å². The van der Waals surface area contributed by atoms with Crippen LogP contribution in [0.3, 0.4) is 0 Å². The second kappa shape index (κ2) is 6.31. The molecule has 128 valence electrons. The van der Waals surface area contributed by atoms with E-state index in [-0.39, 0.29) is 18.9 Å². The molecule has 0 unspecified atom stereocenters. The van der Waals surface area contributed by atoms with Crippen LogP contribution in [0.15, 0.2) is 41.0 Å². The molecule has 0 saturated heterocycles. The first kappa shape index (κ1) is 15.8. The van der Waals surface area contributed by atoms with Gasteiger partial charge in [0, 0.05) is 23.6 Å². The van der Waals surface area contributed by atoms with E-state index in [1.54, 1.807) is 6.26 Å². The number of hydrogen-bond donors (Lipinski definition) is 1. The van der Waals surface area contributed by atoms with Crippen LogP contribution in [0.4, 0.5) is 8.78 Å². The SMILES string of the molecule is O=C(Cc1coc2cc3c(cc12)CCC3)NCc1cc(F)cc(F)c1. The molecule has 1 amide bonds. The van der Waals surface area contributed by atoms with Crippen LogP contribution in [0.2, 0.25) is 0 Å². The van der Waals surface area contributed by atoms with Crippen LogP contribution < -0.4 is 5.32 Å². The van der Waals surface area contributed by atoms with Gasteiger partial charge in [-0.25, -0.2) is 8.78 Å². The Morgan fingerprint density at radius 2 is 1.76 bits per heavy atom. The highest BCUT2D eigenvalue weighted by Crippen LogP contribution is 2.30. The molecule has 1 N–H and O–H groups in total. The molecule has 0 fully saturated rings. The van der Waals surface area contributed by atoms with Crippen LogP contribution in [0.25, 0.3) is 11.0 Å². The van der Waals surface area contributed by atoms with E-state index in [4.69, 9.17) is 4.42 Å². The largest absolute Gasteiger partial charge is 0.464 e. The van der Waals surface area contributed by atoms with E-state index >= 15 is 0 Å². The molecule has 0 radical (unpaired) electrons. The van der Waals surface area contributed by atoms with E-state index < -0.39 is 11.6 Å². The number of carbonyl (C=O) groups excluding carboxylic acids is 1. The Hall–Kier alpha value is -2.69. The summed E-state index contributed by atoms with van der Waals surface area (Å²) < 4.78 is 31.9. The van der Waals surface area contributed by atoms with Crippen LogP contribution in [0.5, 0.6) is 0 Å². The van der Waals surface area contributed by atoms with Gasteiger partial charge in [-0.15, -0.1) is 0 Å². The zero-order valence-corrected chi connectivity index (χ0v) is 13.6. The highest BCUT2D eigenvalue weighted by Gasteiger charge is 2.16. The minimum absolute atomic E-state index is 0.0820. The summed E-state index contributed by atoms with van der Waals surface area (Å²) in [5.41, 5.74) is 4.67. The first-order valence-electron chi connectivity index (χ1n) is 8.32. The predicted octanol–water partition coefficient (Wildman–Crippen LogP) is 4.06. The topological polar surface area (TPSA) is 42.2 Å². The molecule has 1 aliphatic carbocycles. The van der Waals surface area contributed by atoms with Gasteiger partial charge in [-0.1, -0.05) is 0 Å². The van der Waals surface area contributed by atoms with E-state index in [1.807, 2.05) is 0 Å². The highest BCUT2D eigenvalue weighted by atomic mass is 19.1. The Morgan fingerprint density at radius 1 is 1.04 bits per heavy atom. The maximum atomic E-state index is 13.2. The van der Waals surface area contributed by atoms with Crippen LogP contribution >= 0.6 is 0 Å². The quantitative estimate of drug-likeness (QED) is 0.778. The second-order valence-corrected chi connectivity index (χ2v) is 6.46. The van der Waals surface area contributed by atoms with Gasteiger partial charge in [-0.05, 0) is 60.2 Å². The Kier molecular flexibility index (Phi) is 3.99. The molecule has 4 rings (SSSR count). The minimum Gasteiger partial charge on any atom is -0.464 e. The minimum atomic E-state index is -0.654. The van der Waals surface area contributed by atoms with Gasteiger partial charge < -0.3 is 9.73 Å².